The average molecular weight is 483 g/mol. The van der Waals surface area contributed by atoms with E-state index in [1.165, 1.54) is 12.4 Å². The molecular formula is C24H27ClN6O3. The molecule has 3 aromatic rings. The third kappa shape index (κ3) is 5.80. The molecule has 0 aliphatic carbocycles. The third-order valence-corrected chi connectivity index (χ3v) is 5.70. The lowest BCUT2D eigenvalue weighted by Crippen LogP contribution is -2.37. The number of morpholine rings is 1. The Morgan fingerprint density at radius 2 is 1.94 bits per heavy atom. The van der Waals surface area contributed by atoms with Crippen molar-refractivity contribution in [1.29, 1.82) is 0 Å². The van der Waals surface area contributed by atoms with Gasteiger partial charge in [0.15, 0.2) is 0 Å². The second kappa shape index (κ2) is 10.8. The summed E-state index contributed by atoms with van der Waals surface area (Å²) in [4.78, 5) is 27.3. The topological polar surface area (TPSA) is 112 Å². The number of aliphatic hydroxyl groups is 1. The van der Waals surface area contributed by atoms with Crippen LogP contribution in [-0.4, -0.2) is 64.9 Å². The molecule has 10 heteroatoms. The smallest absolute Gasteiger partial charge is 0.258 e. The van der Waals surface area contributed by atoms with Crippen LogP contribution in [0.2, 0.25) is 5.28 Å². The van der Waals surface area contributed by atoms with E-state index >= 15 is 0 Å². The lowest BCUT2D eigenvalue weighted by molar-refractivity contribution is 0.102. The van der Waals surface area contributed by atoms with E-state index in [-0.39, 0.29) is 23.8 Å². The standard InChI is InChI=1S/C24H27ClN6O3/c1-15-3-4-19(29-23(33)18-12-26-24(25)27-13-18)11-20(15)17-9-21(28-16(2)14-32)30-22(10-17)31-5-7-34-8-6-31/h3-4,9-13,16,32H,5-8,14H2,1-2H3,(H,28,30)(H,29,33). The van der Waals surface area contributed by atoms with E-state index < -0.39 is 0 Å². The van der Waals surface area contributed by atoms with Gasteiger partial charge in [-0.25, -0.2) is 15.0 Å². The maximum atomic E-state index is 12.6. The minimum absolute atomic E-state index is 0.00620. The summed E-state index contributed by atoms with van der Waals surface area (Å²) < 4.78 is 5.49. The summed E-state index contributed by atoms with van der Waals surface area (Å²) in [6.45, 7) is 6.71. The van der Waals surface area contributed by atoms with Crippen molar-refractivity contribution in [3.05, 3.63) is 59.1 Å². The first-order chi connectivity index (χ1) is 16.4. The van der Waals surface area contributed by atoms with Crippen molar-refractivity contribution in [2.45, 2.75) is 19.9 Å². The van der Waals surface area contributed by atoms with Gasteiger partial charge in [0, 0.05) is 37.2 Å². The number of nitrogens with one attached hydrogen (secondary N) is 2. The van der Waals surface area contributed by atoms with E-state index in [1.54, 1.807) is 0 Å². The molecule has 0 spiro atoms. The molecule has 178 valence electrons. The molecule has 9 nitrogen and oxygen atoms in total. The molecule has 34 heavy (non-hydrogen) atoms. The van der Waals surface area contributed by atoms with Gasteiger partial charge >= 0.3 is 0 Å². The monoisotopic (exact) mass is 482 g/mol. The van der Waals surface area contributed by atoms with Crippen LogP contribution in [0.3, 0.4) is 0 Å². The molecule has 1 aliphatic heterocycles. The van der Waals surface area contributed by atoms with Gasteiger partial charge in [0.1, 0.15) is 11.6 Å². The minimum atomic E-state index is -0.325. The number of carbonyl (C=O) groups is 1. The van der Waals surface area contributed by atoms with Crippen LogP contribution in [-0.2, 0) is 4.74 Å². The number of hydrogen-bond acceptors (Lipinski definition) is 8. The Morgan fingerprint density at radius 3 is 2.65 bits per heavy atom. The van der Waals surface area contributed by atoms with Crippen molar-refractivity contribution < 1.29 is 14.6 Å². The quantitative estimate of drug-likeness (QED) is 0.439. The summed E-state index contributed by atoms with van der Waals surface area (Å²) in [6, 6.07) is 9.60. The van der Waals surface area contributed by atoms with Gasteiger partial charge in [-0.15, -0.1) is 0 Å². The van der Waals surface area contributed by atoms with Crippen LogP contribution >= 0.6 is 11.6 Å². The number of hydrogen-bond donors (Lipinski definition) is 3. The van der Waals surface area contributed by atoms with Crippen LogP contribution in [0.4, 0.5) is 17.3 Å². The van der Waals surface area contributed by atoms with Crippen molar-refractivity contribution in [3.63, 3.8) is 0 Å². The van der Waals surface area contributed by atoms with Crippen LogP contribution in [0.15, 0.2) is 42.7 Å². The van der Waals surface area contributed by atoms with Crippen LogP contribution < -0.4 is 15.5 Å². The number of nitrogens with zero attached hydrogens (tertiary/aromatic N) is 4. The van der Waals surface area contributed by atoms with Gasteiger partial charge in [0.25, 0.3) is 5.91 Å². The fraction of sp³-hybridized carbons (Fsp3) is 0.333. The molecule has 1 aliphatic rings. The lowest BCUT2D eigenvalue weighted by atomic mass is 10.00. The highest BCUT2D eigenvalue weighted by molar-refractivity contribution is 6.28. The molecule has 2 aromatic heterocycles. The first-order valence-electron chi connectivity index (χ1n) is 11.0. The van der Waals surface area contributed by atoms with Gasteiger partial charge in [0.05, 0.1) is 25.4 Å². The molecule has 0 saturated carbocycles. The van der Waals surface area contributed by atoms with Gasteiger partial charge in [-0.05, 0) is 66.4 Å². The van der Waals surface area contributed by atoms with Gasteiger partial charge < -0.3 is 25.4 Å². The number of ether oxygens (including phenoxy) is 1. The maximum Gasteiger partial charge on any atom is 0.258 e. The van der Waals surface area contributed by atoms with E-state index in [2.05, 4.69) is 25.5 Å². The molecule has 1 fully saturated rings. The Morgan fingerprint density at radius 1 is 1.21 bits per heavy atom. The maximum absolute atomic E-state index is 12.6. The summed E-state index contributed by atoms with van der Waals surface area (Å²) in [5.41, 5.74) is 3.92. The molecule has 0 radical (unpaired) electrons. The number of benzene rings is 1. The Balaban J connectivity index is 1.67. The molecule has 0 bridgehead atoms. The zero-order valence-electron chi connectivity index (χ0n) is 19.1. The first kappa shape index (κ1) is 23.9. The van der Waals surface area contributed by atoms with E-state index in [9.17, 15) is 9.90 Å². The Hall–Kier alpha value is -3.27. The lowest BCUT2D eigenvalue weighted by Gasteiger charge is -2.29. The summed E-state index contributed by atoms with van der Waals surface area (Å²) in [5.74, 6) is 1.18. The Bertz CT molecular complexity index is 1150. The van der Waals surface area contributed by atoms with Crippen molar-refractivity contribution in [2.24, 2.45) is 0 Å². The molecule has 4 rings (SSSR count). The second-order valence-electron chi connectivity index (χ2n) is 8.15. The minimum Gasteiger partial charge on any atom is -0.394 e. The zero-order valence-corrected chi connectivity index (χ0v) is 19.8. The second-order valence-corrected chi connectivity index (χ2v) is 8.49. The molecule has 3 heterocycles. The number of halogens is 1. The van der Waals surface area contributed by atoms with Crippen LogP contribution in [0.5, 0.6) is 0 Å². The SMILES string of the molecule is Cc1ccc(NC(=O)c2cnc(Cl)nc2)cc1-c1cc(NC(C)CO)nc(N2CCOCC2)c1. The third-order valence-electron chi connectivity index (χ3n) is 5.50. The van der Waals surface area contributed by atoms with E-state index in [4.69, 9.17) is 21.3 Å². The van der Waals surface area contributed by atoms with E-state index in [0.29, 0.717) is 30.3 Å². The van der Waals surface area contributed by atoms with Crippen LogP contribution in [0, 0.1) is 6.92 Å². The van der Waals surface area contributed by atoms with Gasteiger partial charge in [-0.1, -0.05) is 6.07 Å². The highest BCUT2D eigenvalue weighted by Gasteiger charge is 2.17. The fourth-order valence-corrected chi connectivity index (χ4v) is 3.74. The summed E-state index contributed by atoms with van der Waals surface area (Å²) in [7, 11) is 0. The number of aliphatic hydroxyl groups excluding tert-OH is 1. The predicted octanol–water partition coefficient (Wildman–Crippen LogP) is 3.38. The van der Waals surface area contributed by atoms with Gasteiger partial charge in [0.2, 0.25) is 5.28 Å². The van der Waals surface area contributed by atoms with E-state index in [1.807, 2.05) is 44.2 Å². The van der Waals surface area contributed by atoms with E-state index in [0.717, 1.165) is 35.6 Å². The number of rotatable bonds is 7. The molecule has 1 unspecified atom stereocenters. The van der Waals surface area contributed by atoms with Crippen LogP contribution in [0.1, 0.15) is 22.8 Å². The van der Waals surface area contributed by atoms with Crippen molar-refractivity contribution in [1.82, 2.24) is 15.0 Å². The normalized spacial score (nSPS) is 14.5. The summed E-state index contributed by atoms with van der Waals surface area (Å²) in [6.07, 6.45) is 2.77. The average Bonchev–Trinajstić information content (AvgIpc) is 2.85. The number of aryl methyl sites for hydroxylation is 1. The first-order valence-corrected chi connectivity index (χ1v) is 11.4. The molecule has 1 aromatic carbocycles. The van der Waals surface area contributed by atoms with Crippen molar-refractivity contribution in [2.75, 3.05) is 48.4 Å². The molecule has 3 N–H and O–H groups in total. The van der Waals surface area contributed by atoms with Crippen LogP contribution in [0.25, 0.3) is 11.1 Å². The number of pyridine rings is 1. The van der Waals surface area contributed by atoms with Crippen molar-refractivity contribution >= 4 is 34.8 Å². The highest BCUT2D eigenvalue weighted by atomic mass is 35.5. The van der Waals surface area contributed by atoms with Crippen molar-refractivity contribution in [3.8, 4) is 11.1 Å². The zero-order chi connectivity index (χ0) is 24.1. The van der Waals surface area contributed by atoms with Gasteiger partial charge in [-0.3, -0.25) is 4.79 Å². The van der Waals surface area contributed by atoms with Gasteiger partial charge in [-0.2, -0.15) is 0 Å². The largest absolute Gasteiger partial charge is 0.394 e. The summed E-state index contributed by atoms with van der Waals surface area (Å²) >= 11 is 5.72. The fourth-order valence-electron chi connectivity index (χ4n) is 3.64. The number of amides is 1. The summed E-state index contributed by atoms with van der Waals surface area (Å²) in [5, 5.41) is 15.7. The molecule has 1 saturated heterocycles. The highest BCUT2D eigenvalue weighted by Crippen LogP contribution is 2.31. The number of anilines is 3. The molecular weight excluding hydrogens is 456 g/mol. The Kier molecular flexibility index (Phi) is 7.56. The Labute approximate surface area is 203 Å². The number of aromatic nitrogens is 3. The molecule has 1 atom stereocenters. The number of carbonyl (C=O) groups excluding carboxylic acids is 1. The predicted molar refractivity (Wildman–Crippen MR) is 133 cm³/mol. The molecule has 1 amide bonds.